The molecular weight excluding hydrogens is 339 g/mol. The molecule has 0 aliphatic rings. The second kappa shape index (κ2) is 7.09. The highest BCUT2D eigenvalue weighted by atomic mass is 35.5. The summed E-state index contributed by atoms with van der Waals surface area (Å²) in [6.45, 7) is 3.99. The van der Waals surface area contributed by atoms with Crippen molar-refractivity contribution in [2.75, 3.05) is 5.32 Å². The Hall–Kier alpha value is -1.62. The van der Waals surface area contributed by atoms with E-state index < -0.39 is 0 Å². The number of benzene rings is 2. The van der Waals surface area contributed by atoms with Crippen LogP contribution in [0.1, 0.15) is 21.5 Å². The van der Waals surface area contributed by atoms with Gasteiger partial charge < -0.3 is 5.32 Å². The molecule has 6 heteroatoms. The first-order valence-electron chi connectivity index (χ1n) is 6.51. The van der Waals surface area contributed by atoms with Gasteiger partial charge >= 0.3 is 0 Å². The van der Waals surface area contributed by atoms with E-state index in [0.29, 0.717) is 15.6 Å². The summed E-state index contributed by atoms with van der Waals surface area (Å²) in [6.07, 6.45) is 0. The lowest BCUT2D eigenvalue weighted by molar-refractivity contribution is 0.0978. The summed E-state index contributed by atoms with van der Waals surface area (Å²) >= 11 is 16.9. The SMILES string of the molecule is Cc1cc(C)cc(NC(=S)NC(=O)c2ccc(Cl)c(Cl)c2)c1. The van der Waals surface area contributed by atoms with E-state index in [9.17, 15) is 4.79 Å². The molecule has 2 aromatic rings. The number of rotatable bonds is 2. The number of anilines is 1. The van der Waals surface area contributed by atoms with Crippen molar-refractivity contribution in [3.05, 3.63) is 63.1 Å². The van der Waals surface area contributed by atoms with Gasteiger partial charge in [0.25, 0.3) is 5.91 Å². The first-order chi connectivity index (χ1) is 10.3. The maximum absolute atomic E-state index is 12.1. The van der Waals surface area contributed by atoms with Crippen LogP contribution in [0.25, 0.3) is 0 Å². The number of amides is 1. The molecule has 0 unspecified atom stereocenters. The fourth-order valence-electron chi connectivity index (χ4n) is 2.02. The summed E-state index contributed by atoms with van der Waals surface area (Å²) in [6, 6.07) is 10.6. The lowest BCUT2D eigenvalue weighted by Gasteiger charge is -2.11. The first kappa shape index (κ1) is 16.7. The predicted molar refractivity (Wildman–Crippen MR) is 96.1 cm³/mol. The molecule has 0 spiro atoms. The third-order valence-electron chi connectivity index (χ3n) is 2.89. The molecule has 0 heterocycles. The number of thiocarbonyl (C=S) groups is 1. The summed E-state index contributed by atoms with van der Waals surface area (Å²) in [5, 5.41) is 6.54. The van der Waals surface area contributed by atoms with E-state index in [1.165, 1.54) is 6.07 Å². The van der Waals surface area contributed by atoms with Gasteiger partial charge in [-0.15, -0.1) is 0 Å². The van der Waals surface area contributed by atoms with Crippen LogP contribution in [0.4, 0.5) is 5.69 Å². The number of carbonyl (C=O) groups is 1. The molecule has 2 rings (SSSR count). The molecule has 0 fully saturated rings. The van der Waals surface area contributed by atoms with Crippen molar-refractivity contribution in [3.63, 3.8) is 0 Å². The van der Waals surface area contributed by atoms with Crippen molar-refractivity contribution in [2.45, 2.75) is 13.8 Å². The van der Waals surface area contributed by atoms with E-state index in [2.05, 4.69) is 16.7 Å². The molecule has 0 atom stereocenters. The summed E-state index contributed by atoms with van der Waals surface area (Å²) in [5.74, 6) is -0.347. The number of nitrogens with one attached hydrogen (secondary N) is 2. The number of aryl methyl sites for hydroxylation is 2. The average Bonchev–Trinajstić information content (AvgIpc) is 2.40. The van der Waals surface area contributed by atoms with Gasteiger partial charge in [0.1, 0.15) is 0 Å². The minimum absolute atomic E-state index is 0.223. The fraction of sp³-hybridized carbons (Fsp3) is 0.125. The number of carbonyl (C=O) groups excluding carboxylic acids is 1. The minimum Gasteiger partial charge on any atom is -0.332 e. The van der Waals surface area contributed by atoms with Crippen LogP contribution in [0, 0.1) is 13.8 Å². The lowest BCUT2D eigenvalue weighted by Crippen LogP contribution is -2.34. The Morgan fingerprint density at radius 2 is 1.64 bits per heavy atom. The zero-order chi connectivity index (χ0) is 16.3. The zero-order valence-corrected chi connectivity index (χ0v) is 14.4. The molecule has 3 nitrogen and oxygen atoms in total. The van der Waals surface area contributed by atoms with Crippen LogP contribution < -0.4 is 10.6 Å². The van der Waals surface area contributed by atoms with Gasteiger partial charge in [0.15, 0.2) is 5.11 Å². The van der Waals surface area contributed by atoms with Gasteiger partial charge in [0.05, 0.1) is 10.0 Å². The predicted octanol–water partition coefficient (Wildman–Crippen LogP) is 4.74. The van der Waals surface area contributed by atoms with Crippen LogP contribution in [-0.4, -0.2) is 11.0 Å². The average molecular weight is 353 g/mol. The van der Waals surface area contributed by atoms with Crippen LogP contribution in [0.2, 0.25) is 10.0 Å². The largest absolute Gasteiger partial charge is 0.332 e. The van der Waals surface area contributed by atoms with Crippen molar-refractivity contribution in [2.24, 2.45) is 0 Å². The topological polar surface area (TPSA) is 41.1 Å². The Morgan fingerprint density at radius 1 is 1.00 bits per heavy atom. The lowest BCUT2D eigenvalue weighted by atomic mass is 10.1. The Bertz CT molecular complexity index is 727. The Morgan fingerprint density at radius 3 is 2.23 bits per heavy atom. The highest BCUT2D eigenvalue weighted by Crippen LogP contribution is 2.22. The molecule has 0 bridgehead atoms. The number of hydrogen-bond donors (Lipinski definition) is 2. The van der Waals surface area contributed by atoms with E-state index in [4.69, 9.17) is 35.4 Å². The molecule has 0 saturated heterocycles. The third kappa shape index (κ3) is 4.44. The van der Waals surface area contributed by atoms with Crippen LogP contribution in [0.15, 0.2) is 36.4 Å². The van der Waals surface area contributed by atoms with Gasteiger partial charge in [-0.25, -0.2) is 0 Å². The molecule has 0 radical (unpaired) electrons. The molecular formula is C16H14Cl2N2OS. The summed E-state index contributed by atoms with van der Waals surface area (Å²) in [4.78, 5) is 12.1. The molecule has 2 N–H and O–H groups in total. The van der Waals surface area contributed by atoms with Crippen molar-refractivity contribution >= 4 is 52.1 Å². The molecule has 2 aromatic carbocycles. The van der Waals surface area contributed by atoms with Crippen molar-refractivity contribution in [3.8, 4) is 0 Å². The van der Waals surface area contributed by atoms with Crippen LogP contribution in [-0.2, 0) is 0 Å². The minimum atomic E-state index is -0.347. The van der Waals surface area contributed by atoms with Gasteiger partial charge in [-0.3, -0.25) is 10.1 Å². The van der Waals surface area contributed by atoms with Crippen LogP contribution in [0.3, 0.4) is 0 Å². The van der Waals surface area contributed by atoms with E-state index >= 15 is 0 Å². The monoisotopic (exact) mass is 352 g/mol. The maximum Gasteiger partial charge on any atom is 0.257 e. The van der Waals surface area contributed by atoms with Gasteiger partial charge in [-0.1, -0.05) is 29.3 Å². The third-order valence-corrected chi connectivity index (χ3v) is 3.83. The highest BCUT2D eigenvalue weighted by molar-refractivity contribution is 7.80. The van der Waals surface area contributed by atoms with Gasteiger partial charge in [-0.05, 0) is 67.5 Å². The normalized spacial score (nSPS) is 10.2. The summed E-state index contributed by atoms with van der Waals surface area (Å²) in [7, 11) is 0. The van der Waals surface area contributed by atoms with Gasteiger partial charge in [-0.2, -0.15) is 0 Å². The molecule has 0 aliphatic carbocycles. The molecule has 22 heavy (non-hydrogen) atoms. The smallest absolute Gasteiger partial charge is 0.257 e. The number of hydrogen-bond acceptors (Lipinski definition) is 2. The molecule has 1 amide bonds. The second-order valence-electron chi connectivity index (χ2n) is 4.91. The number of halogens is 2. The van der Waals surface area contributed by atoms with Crippen LogP contribution >= 0.6 is 35.4 Å². The summed E-state index contributed by atoms with van der Waals surface area (Å²) < 4.78 is 0. The van der Waals surface area contributed by atoms with E-state index in [-0.39, 0.29) is 11.0 Å². The molecule has 114 valence electrons. The molecule has 0 aromatic heterocycles. The van der Waals surface area contributed by atoms with Crippen LogP contribution in [0.5, 0.6) is 0 Å². The Labute approximate surface area is 144 Å². The van der Waals surface area contributed by atoms with Crippen molar-refractivity contribution < 1.29 is 4.79 Å². The fourth-order valence-corrected chi connectivity index (χ4v) is 2.53. The summed E-state index contributed by atoms with van der Waals surface area (Å²) in [5.41, 5.74) is 3.44. The van der Waals surface area contributed by atoms with E-state index in [0.717, 1.165) is 16.8 Å². The highest BCUT2D eigenvalue weighted by Gasteiger charge is 2.10. The molecule has 0 saturated carbocycles. The zero-order valence-electron chi connectivity index (χ0n) is 12.0. The van der Waals surface area contributed by atoms with Gasteiger partial charge in [0.2, 0.25) is 0 Å². The van der Waals surface area contributed by atoms with Gasteiger partial charge in [0, 0.05) is 11.3 Å². The Balaban J connectivity index is 2.04. The van der Waals surface area contributed by atoms with Crippen molar-refractivity contribution in [1.29, 1.82) is 0 Å². The van der Waals surface area contributed by atoms with Crippen molar-refractivity contribution in [1.82, 2.24) is 5.32 Å². The first-order valence-corrected chi connectivity index (χ1v) is 7.67. The van der Waals surface area contributed by atoms with E-state index in [1.54, 1.807) is 12.1 Å². The van der Waals surface area contributed by atoms with E-state index in [1.807, 2.05) is 26.0 Å². The molecule has 0 aliphatic heterocycles. The second-order valence-corrected chi connectivity index (χ2v) is 6.14. The standard InChI is InChI=1S/C16H14Cl2N2OS/c1-9-5-10(2)7-12(6-9)19-16(22)20-15(21)11-3-4-13(17)14(18)8-11/h3-8H,1-2H3,(H2,19,20,21,22). The Kier molecular flexibility index (Phi) is 5.40. The maximum atomic E-state index is 12.1. The quantitative estimate of drug-likeness (QED) is 0.767.